The van der Waals surface area contributed by atoms with Gasteiger partial charge in [0.1, 0.15) is 0 Å². The maximum absolute atomic E-state index is 11.9. The molecule has 0 nitrogen and oxygen atoms in total. The molecule has 1 aromatic carbocycles. The quantitative estimate of drug-likeness (QED) is 0.495. The second-order valence-corrected chi connectivity index (χ2v) is 1.34. The van der Waals surface area contributed by atoms with Crippen molar-refractivity contribution in [1.29, 1.82) is 0 Å². The minimum Gasteiger partial charge on any atom is -0.281 e. The van der Waals surface area contributed by atoms with Crippen molar-refractivity contribution in [2.75, 3.05) is 0 Å². The Bertz CT molecular complexity index is 172. The molecule has 0 aliphatic heterocycles. The second kappa shape index (κ2) is 5.93. The van der Waals surface area contributed by atoms with Gasteiger partial charge in [-0.05, 0) is 0 Å². The van der Waals surface area contributed by atoms with E-state index in [9.17, 15) is 8.78 Å². The first-order valence-electron chi connectivity index (χ1n) is 2.12. The zero-order chi connectivity index (χ0) is 5.98. The van der Waals surface area contributed by atoms with E-state index in [-0.39, 0.29) is 36.5 Å². The van der Waals surface area contributed by atoms with E-state index in [1.54, 1.807) is 0 Å². The Morgan fingerprint density at radius 1 is 1.20 bits per heavy atom. The van der Waals surface area contributed by atoms with Gasteiger partial charge in [-0.15, -0.1) is 29.1 Å². The topological polar surface area (TPSA) is 0 Å². The van der Waals surface area contributed by atoms with Crippen LogP contribution in [0.5, 0.6) is 0 Å². The predicted molar refractivity (Wildman–Crippen MR) is 35.5 cm³/mol. The molecule has 4 heteroatoms. The summed E-state index contributed by atoms with van der Waals surface area (Å²) >= 11 is 0. The van der Waals surface area contributed by atoms with Gasteiger partial charge >= 0.3 is 0 Å². The standard InChI is InChI=1S/C6H3F2.BrH.Zn/c7-5-3-1-2-4-6(5)8;;/h1,3-4H;1H;/q-1;;. The van der Waals surface area contributed by atoms with Gasteiger partial charge in [0.25, 0.3) is 0 Å². The molecule has 0 saturated heterocycles. The van der Waals surface area contributed by atoms with Gasteiger partial charge in [0.15, 0.2) is 0 Å². The number of hydrogen-bond donors (Lipinski definition) is 0. The van der Waals surface area contributed by atoms with E-state index in [0.717, 1.165) is 12.1 Å². The van der Waals surface area contributed by atoms with Crippen molar-refractivity contribution in [3.05, 3.63) is 35.9 Å². The van der Waals surface area contributed by atoms with Crippen molar-refractivity contribution >= 4 is 17.0 Å². The summed E-state index contributed by atoms with van der Waals surface area (Å²) in [5.74, 6) is -1.68. The van der Waals surface area contributed by atoms with Crippen LogP contribution >= 0.6 is 17.0 Å². The summed E-state index contributed by atoms with van der Waals surface area (Å²) in [4.78, 5) is 0. The maximum Gasteiger partial charge on any atom is 0.0494 e. The summed E-state index contributed by atoms with van der Waals surface area (Å²) < 4.78 is 23.8. The third kappa shape index (κ3) is 3.38. The zero-order valence-electron chi connectivity index (χ0n) is 5.10. The van der Waals surface area contributed by atoms with Crippen LogP contribution in [-0.4, -0.2) is 0 Å². The van der Waals surface area contributed by atoms with Crippen LogP contribution in [0.2, 0.25) is 0 Å². The Kier molecular flexibility index (Phi) is 7.61. The van der Waals surface area contributed by atoms with E-state index in [2.05, 4.69) is 6.07 Å². The minimum absolute atomic E-state index is 0. The molecule has 0 bridgehead atoms. The molecule has 0 amide bonds. The molecule has 0 aliphatic rings. The third-order valence-electron chi connectivity index (χ3n) is 0.764. The van der Waals surface area contributed by atoms with Crippen molar-refractivity contribution in [2.24, 2.45) is 0 Å². The number of halogens is 3. The van der Waals surface area contributed by atoms with Gasteiger partial charge in [0, 0.05) is 31.1 Å². The van der Waals surface area contributed by atoms with Crippen LogP contribution in [0.25, 0.3) is 0 Å². The van der Waals surface area contributed by atoms with Crippen LogP contribution in [0, 0.1) is 17.7 Å². The van der Waals surface area contributed by atoms with E-state index in [1.807, 2.05) is 0 Å². The molecule has 0 unspecified atom stereocenters. The Labute approximate surface area is 81.2 Å². The fourth-order valence-electron chi connectivity index (χ4n) is 0.391. The summed E-state index contributed by atoms with van der Waals surface area (Å²) in [6.45, 7) is 0. The molecule has 0 atom stereocenters. The molecule has 0 aliphatic carbocycles. The molecule has 0 radical (unpaired) electrons. The first-order valence-corrected chi connectivity index (χ1v) is 2.12. The predicted octanol–water partition coefficient (Wildman–Crippen LogP) is 2.34. The Balaban J connectivity index is 0. The van der Waals surface area contributed by atoms with Crippen LogP contribution in [0.1, 0.15) is 0 Å². The number of benzene rings is 1. The molecule has 0 fully saturated rings. The average molecular weight is 259 g/mol. The Morgan fingerprint density at radius 2 is 1.80 bits per heavy atom. The van der Waals surface area contributed by atoms with Gasteiger partial charge in [0.05, 0.1) is 0 Å². The monoisotopic (exact) mass is 257 g/mol. The van der Waals surface area contributed by atoms with Gasteiger partial charge in [0.2, 0.25) is 0 Å². The molecule has 1 aromatic rings. The molecular formula is C6H4BrF2Zn-. The van der Waals surface area contributed by atoms with Crippen LogP contribution < -0.4 is 0 Å². The first-order chi connectivity index (χ1) is 3.80. The normalized spacial score (nSPS) is 7.40. The summed E-state index contributed by atoms with van der Waals surface area (Å²) in [5, 5.41) is 0. The van der Waals surface area contributed by atoms with Gasteiger partial charge in [-0.3, -0.25) is 4.39 Å². The molecule has 0 saturated carbocycles. The summed E-state index contributed by atoms with van der Waals surface area (Å²) in [6, 6.07) is 5.68. The van der Waals surface area contributed by atoms with Crippen LogP contribution in [0.15, 0.2) is 18.2 Å². The van der Waals surface area contributed by atoms with Gasteiger partial charge in [-0.2, -0.15) is 12.1 Å². The van der Waals surface area contributed by atoms with E-state index in [4.69, 9.17) is 0 Å². The smallest absolute Gasteiger partial charge is 0.0494 e. The average Bonchev–Trinajstić information content (AvgIpc) is 1.77. The maximum atomic E-state index is 11.9. The van der Waals surface area contributed by atoms with Gasteiger partial charge in [-0.25, -0.2) is 4.39 Å². The van der Waals surface area contributed by atoms with Crippen molar-refractivity contribution in [1.82, 2.24) is 0 Å². The van der Waals surface area contributed by atoms with Crippen molar-refractivity contribution in [3.8, 4) is 0 Å². The Morgan fingerprint density at radius 3 is 2.10 bits per heavy atom. The Hall–Kier alpha value is 0.183. The molecule has 10 heavy (non-hydrogen) atoms. The SMILES string of the molecule is Br.Fc1c[c-]ccc1F.[Zn]. The van der Waals surface area contributed by atoms with E-state index < -0.39 is 11.6 Å². The second-order valence-electron chi connectivity index (χ2n) is 1.34. The third-order valence-corrected chi connectivity index (χ3v) is 0.764. The molecule has 0 spiro atoms. The van der Waals surface area contributed by atoms with Crippen LogP contribution in [0.4, 0.5) is 8.78 Å². The van der Waals surface area contributed by atoms with Gasteiger partial charge in [-0.1, -0.05) is 0 Å². The van der Waals surface area contributed by atoms with Crippen molar-refractivity contribution in [2.45, 2.75) is 0 Å². The summed E-state index contributed by atoms with van der Waals surface area (Å²) in [7, 11) is 0. The van der Waals surface area contributed by atoms with E-state index in [1.165, 1.54) is 6.07 Å². The summed E-state index contributed by atoms with van der Waals surface area (Å²) in [6.07, 6.45) is 0. The van der Waals surface area contributed by atoms with Crippen molar-refractivity contribution < 1.29 is 28.3 Å². The molecule has 0 N–H and O–H groups in total. The number of rotatable bonds is 0. The molecule has 0 aromatic heterocycles. The summed E-state index contributed by atoms with van der Waals surface area (Å²) in [5.41, 5.74) is 0. The zero-order valence-corrected chi connectivity index (χ0v) is 9.78. The van der Waals surface area contributed by atoms with Crippen LogP contribution in [-0.2, 0) is 19.5 Å². The largest absolute Gasteiger partial charge is 0.281 e. The molecule has 0 heterocycles. The van der Waals surface area contributed by atoms with Gasteiger partial charge < -0.3 is 0 Å². The van der Waals surface area contributed by atoms with Crippen molar-refractivity contribution in [3.63, 3.8) is 0 Å². The first kappa shape index (κ1) is 12.8. The molecule has 1 rings (SSSR count). The minimum atomic E-state index is -0.854. The fraction of sp³-hybridized carbons (Fsp3) is 0. The molecular weight excluding hydrogens is 255 g/mol. The van der Waals surface area contributed by atoms with E-state index >= 15 is 0 Å². The number of hydrogen-bond acceptors (Lipinski definition) is 0. The molecule has 52 valence electrons. The van der Waals surface area contributed by atoms with Crippen LogP contribution in [0.3, 0.4) is 0 Å². The van der Waals surface area contributed by atoms with E-state index in [0.29, 0.717) is 0 Å². The fourth-order valence-corrected chi connectivity index (χ4v) is 0.391.